The second-order valence-corrected chi connectivity index (χ2v) is 8.46. The molecule has 0 aliphatic heterocycles. The molecule has 2 aromatic carbocycles. The SMILES string of the molecule is CCn1c(=O)c(CCC(=O)Nc2ccc(C)c(C)c2)nc2c(C)nn(-c3ccc(C)cc3)c21. The summed E-state index contributed by atoms with van der Waals surface area (Å²) in [6.45, 7) is 10.4. The van der Waals surface area contributed by atoms with E-state index < -0.39 is 0 Å². The van der Waals surface area contributed by atoms with Gasteiger partial charge in [-0.15, -0.1) is 0 Å². The van der Waals surface area contributed by atoms with Gasteiger partial charge in [0, 0.05) is 25.1 Å². The number of carbonyl (C=O) groups excluding carboxylic acids is 1. The van der Waals surface area contributed by atoms with Gasteiger partial charge in [0.15, 0.2) is 5.65 Å². The third-order valence-corrected chi connectivity index (χ3v) is 5.97. The van der Waals surface area contributed by atoms with Crippen LogP contribution in [-0.2, 0) is 17.8 Å². The lowest BCUT2D eigenvalue weighted by molar-refractivity contribution is -0.116. The lowest BCUT2D eigenvalue weighted by Crippen LogP contribution is -2.27. The van der Waals surface area contributed by atoms with Gasteiger partial charge in [0.05, 0.1) is 11.4 Å². The van der Waals surface area contributed by atoms with E-state index in [9.17, 15) is 9.59 Å². The number of aryl methyl sites for hydroxylation is 6. The molecule has 0 spiro atoms. The Morgan fingerprint density at radius 1 is 1.00 bits per heavy atom. The number of nitrogens with zero attached hydrogens (tertiary/aromatic N) is 4. The number of hydrogen-bond donors (Lipinski definition) is 1. The van der Waals surface area contributed by atoms with Gasteiger partial charge in [-0.3, -0.25) is 14.2 Å². The van der Waals surface area contributed by atoms with E-state index in [1.54, 1.807) is 9.25 Å². The predicted molar refractivity (Wildman–Crippen MR) is 131 cm³/mol. The van der Waals surface area contributed by atoms with Gasteiger partial charge in [0.2, 0.25) is 5.91 Å². The fourth-order valence-electron chi connectivity index (χ4n) is 3.91. The number of amides is 1. The summed E-state index contributed by atoms with van der Waals surface area (Å²) in [7, 11) is 0. The molecule has 0 radical (unpaired) electrons. The third kappa shape index (κ3) is 4.44. The molecule has 0 aliphatic rings. The summed E-state index contributed by atoms with van der Waals surface area (Å²) in [5, 5.41) is 7.58. The minimum absolute atomic E-state index is 0.144. The Morgan fingerprint density at radius 2 is 1.73 bits per heavy atom. The van der Waals surface area contributed by atoms with Crippen molar-refractivity contribution < 1.29 is 4.79 Å². The Hall–Kier alpha value is -3.74. The third-order valence-electron chi connectivity index (χ3n) is 5.97. The zero-order valence-corrected chi connectivity index (χ0v) is 19.8. The molecule has 0 atom stereocenters. The molecule has 0 unspecified atom stereocenters. The molecule has 4 rings (SSSR count). The molecule has 2 aromatic heterocycles. The van der Waals surface area contributed by atoms with Crippen LogP contribution in [0.15, 0.2) is 47.3 Å². The van der Waals surface area contributed by atoms with Crippen molar-refractivity contribution in [1.82, 2.24) is 19.3 Å². The predicted octanol–water partition coefficient (Wildman–Crippen LogP) is 4.41. The average Bonchev–Trinajstić information content (AvgIpc) is 3.11. The van der Waals surface area contributed by atoms with Gasteiger partial charge >= 0.3 is 0 Å². The summed E-state index contributed by atoms with van der Waals surface area (Å²) in [6, 6.07) is 13.8. The van der Waals surface area contributed by atoms with E-state index >= 15 is 0 Å². The maximum atomic E-state index is 13.2. The highest BCUT2D eigenvalue weighted by molar-refractivity contribution is 5.91. The maximum Gasteiger partial charge on any atom is 0.273 e. The van der Waals surface area contributed by atoms with E-state index in [0.29, 0.717) is 23.4 Å². The first-order chi connectivity index (χ1) is 15.8. The molecule has 0 bridgehead atoms. The Bertz CT molecular complexity index is 1400. The Balaban J connectivity index is 1.63. The summed E-state index contributed by atoms with van der Waals surface area (Å²) in [5.74, 6) is -0.144. The highest BCUT2D eigenvalue weighted by Gasteiger charge is 2.19. The summed E-state index contributed by atoms with van der Waals surface area (Å²) in [4.78, 5) is 30.4. The monoisotopic (exact) mass is 443 g/mol. The van der Waals surface area contributed by atoms with Gasteiger partial charge in [0.25, 0.3) is 5.56 Å². The molecule has 1 N–H and O–H groups in total. The van der Waals surface area contributed by atoms with Crippen LogP contribution in [0.1, 0.15) is 41.4 Å². The van der Waals surface area contributed by atoms with E-state index in [2.05, 4.69) is 15.4 Å². The van der Waals surface area contributed by atoms with Gasteiger partial charge in [-0.05, 0) is 70.0 Å². The van der Waals surface area contributed by atoms with Gasteiger partial charge in [-0.2, -0.15) is 5.10 Å². The quantitative estimate of drug-likeness (QED) is 0.479. The average molecular weight is 444 g/mol. The highest BCUT2D eigenvalue weighted by atomic mass is 16.1. The van der Waals surface area contributed by atoms with Crippen molar-refractivity contribution in [3.63, 3.8) is 0 Å². The highest BCUT2D eigenvalue weighted by Crippen LogP contribution is 2.21. The molecule has 0 fully saturated rings. The smallest absolute Gasteiger partial charge is 0.273 e. The number of benzene rings is 2. The van der Waals surface area contributed by atoms with Crippen LogP contribution >= 0.6 is 0 Å². The molecule has 0 aliphatic carbocycles. The molecule has 7 nitrogen and oxygen atoms in total. The van der Waals surface area contributed by atoms with E-state index in [4.69, 9.17) is 0 Å². The standard InChI is InChI=1S/C26H29N5O2/c1-6-30-25-24(19(5)29-31(25)21-11-7-16(2)8-12-21)28-22(26(30)33)13-14-23(32)27-20-10-9-17(3)18(4)15-20/h7-12,15H,6,13-14H2,1-5H3,(H,27,32). The minimum atomic E-state index is -0.183. The summed E-state index contributed by atoms with van der Waals surface area (Å²) in [5.41, 5.74) is 7.37. The van der Waals surface area contributed by atoms with Crippen molar-refractivity contribution >= 4 is 22.8 Å². The lowest BCUT2D eigenvalue weighted by Gasteiger charge is -2.11. The summed E-state index contributed by atoms with van der Waals surface area (Å²) < 4.78 is 3.47. The fourth-order valence-corrected chi connectivity index (χ4v) is 3.91. The fraction of sp³-hybridized carbons (Fsp3) is 0.308. The van der Waals surface area contributed by atoms with Gasteiger partial charge in [-0.1, -0.05) is 23.8 Å². The van der Waals surface area contributed by atoms with Crippen LogP contribution in [0.5, 0.6) is 0 Å². The van der Waals surface area contributed by atoms with Crippen molar-refractivity contribution in [1.29, 1.82) is 0 Å². The summed E-state index contributed by atoms with van der Waals surface area (Å²) in [6.07, 6.45) is 0.441. The first-order valence-corrected chi connectivity index (χ1v) is 11.2. The first kappa shape index (κ1) is 22.5. The van der Waals surface area contributed by atoms with Crippen LogP contribution in [0.25, 0.3) is 16.9 Å². The normalized spacial score (nSPS) is 11.2. The molecule has 7 heteroatoms. The molecule has 1 amide bonds. The Kier molecular flexibility index (Phi) is 6.14. The van der Waals surface area contributed by atoms with Crippen LogP contribution < -0.4 is 10.9 Å². The van der Waals surface area contributed by atoms with Crippen LogP contribution in [-0.4, -0.2) is 25.2 Å². The number of nitrogens with one attached hydrogen (secondary N) is 1. The number of aromatic nitrogens is 4. The van der Waals surface area contributed by atoms with E-state index in [1.807, 2.05) is 77.1 Å². The molecule has 33 heavy (non-hydrogen) atoms. The van der Waals surface area contributed by atoms with Crippen LogP contribution in [0.4, 0.5) is 5.69 Å². The van der Waals surface area contributed by atoms with Crippen molar-refractivity contribution in [2.45, 2.75) is 54.0 Å². The maximum absolute atomic E-state index is 13.2. The van der Waals surface area contributed by atoms with Crippen LogP contribution in [0, 0.1) is 27.7 Å². The molecule has 4 aromatic rings. The van der Waals surface area contributed by atoms with Gasteiger partial charge in [-0.25, -0.2) is 9.67 Å². The van der Waals surface area contributed by atoms with E-state index in [1.165, 1.54) is 5.56 Å². The molecule has 0 saturated carbocycles. The van der Waals surface area contributed by atoms with Crippen molar-refractivity contribution in [3.8, 4) is 5.69 Å². The molecule has 170 valence electrons. The van der Waals surface area contributed by atoms with Gasteiger partial charge in [0.1, 0.15) is 11.2 Å². The zero-order chi connectivity index (χ0) is 23.7. The number of hydrogen-bond acceptors (Lipinski definition) is 4. The van der Waals surface area contributed by atoms with E-state index in [-0.39, 0.29) is 24.3 Å². The molecule has 0 saturated heterocycles. The van der Waals surface area contributed by atoms with Crippen LogP contribution in [0.3, 0.4) is 0 Å². The number of anilines is 1. The topological polar surface area (TPSA) is 81.8 Å². The van der Waals surface area contributed by atoms with Crippen molar-refractivity contribution in [2.75, 3.05) is 5.32 Å². The Morgan fingerprint density at radius 3 is 2.39 bits per heavy atom. The zero-order valence-electron chi connectivity index (χ0n) is 19.8. The van der Waals surface area contributed by atoms with Gasteiger partial charge < -0.3 is 5.32 Å². The number of fused-ring (bicyclic) bond motifs is 1. The first-order valence-electron chi connectivity index (χ1n) is 11.2. The molecular formula is C26H29N5O2. The second kappa shape index (κ2) is 9.02. The largest absolute Gasteiger partial charge is 0.326 e. The van der Waals surface area contributed by atoms with Crippen molar-refractivity contribution in [3.05, 3.63) is 80.9 Å². The molecule has 2 heterocycles. The Labute approximate surface area is 193 Å². The summed E-state index contributed by atoms with van der Waals surface area (Å²) >= 11 is 0. The second-order valence-electron chi connectivity index (χ2n) is 8.46. The van der Waals surface area contributed by atoms with Crippen molar-refractivity contribution in [2.24, 2.45) is 0 Å². The number of carbonyl (C=O) groups is 1. The lowest BCUT2D eigenvalue weighted by atomic mass is 10.1. The van der Waals surface area contributed by atoms with Crippen LogP contribution in [0.2, 0.25) is 0 Å². The molecular weight excluding hydrogens is 414 g/mol. The minimum Gasteiger partial charge on any atom is -0.326 e. The number of rotatable bonds is 6. The van der Waals surface area contributed by atoms with E-state index in [0.717, 1.165) is 28.2 Å².